The monoisotopic (exact) mass is 372 g/mol. The molecule has 4 heterocycles. The number of pyridine rings is 2. The molecular weight excluding hydrogens is 348 g/mol. The first kappa shape index (κ1) is 17.0. The van der Waals surface area contributed by atoms with Crippen LogP contribution in [0.4, 0.5) is 17.2 Å². The summed E-state index contributed by atoms with van der Waals surface area (Å²) in [5.41, 5.74) is 5.93. The van der Waals surface area contributed by atoms with E-state index in [-0.39, 0.29) is 6.17 Å². The van der Waals surface area contributed by atoms with Gasteiger partial charge in [0.2, 0.25) is 5.71 Å². The van der Waals surface area contributed by atoms with Crippen molar-refractivity contribution in [3.05, 3.63) is 53.9 Å². The Balaban J connectivity index is 1.82. The Bertz CT molecular complexity index is 1210. The first-order chi connectivity index (χ1) is 13.5. The molecule has 1 aromatic carbocycles. The number of rotatable bonds is 2. The fraction of sp³-hybridized carbons (Fsp3) is 0.304. The molecule has 0 amide bonds. The zero-order valence-electron chi connectivity index (χ0n) is 16.9. The van der Waals surface area contributed by atoms with Gasteiger partial charge in [0, 0.05) is 28.7 Å². The molecule has 0 unspecified atom stereocenters. The Kier molecular flexibility index (Phi) is 3.63. The molecule has 5 nitrogen and oxygen atoms in total. The van der Waals surface area contributed by atoms with Crippen molar-refractivity contribution in [1.29, 1.82) is 0 Å². The van der Waals surface area contributed by atoms with Crippen LogP contribution in [0.2, 0.25) is 0 Å². The molecule has 142 valence electrons. The third-order valence-corrected chi connectivity index (χ3v) is 5.67. The Labute approximate surface area is 164 Å². The van der Waals surface area contributed by atoms with Crippen LogP contribution in [0.25, 0.3) is 22.1 Å². The van der Waals surface area contributed by atoms with Gasteiger partial charge in [-0.1, -0.05) is 12.1 Å². The third-order valence-electron chi connectivity index (χ3n) is 5.67. The number of fused-ring (bicyclic) bond motifs is 4. The van der Waals surface area contributed by atoms with Crippen LogP contribution < -0.4 is 9.80 Å². The predicted molar refractivity (Wildman–Crippen MR) is 114 cm³/mol. The van der Waals surface area contributed by atoms with Gasteiger partial charge in [-0.15, -0.1) is 0 Å². The lowest BCUT2D eigenvalue weighted by Gasteiger charge is -2.33. The molecule has 1 atom stereocenters. The third kappa shape index (κ3) is 2.25. The molecule has 5 rings (SSSR count). The van der Waals surface area contributed by atoms with E-state index in [1.807, 2.05) is 25.3 Å². The van der Waals surface area contributed by atoms with Crippen molar-refractivity contribution < 1.29 is 4.42 Å². The molecule has 5 heteroatoms. The smallest absolute Gasteiger partial charge is 0.227 e. The fourth-order valence-electron chi connectivity index (χ4n) is 4.46. The van der Waals surface area contributed by atoms with Gasteiger partial charge in [0.15, 0.2) is 11.4 Å². The molecule has 3 aromatic heterocycles. The molecule has 0 radical (unpaired) electrons. The topological polar surface area (TPSA) is 45.4 Å². The maximum absolute atomic E-state index is 6.33. The molecule has 28 heavy (non-hydrogen) atoms. The minimum atomic E-state index is 0.136. The van der Waals surface area contributed by atoms with Crippen molar-refractivity contribution in [2.75, 3.05) is 9.80 Å². The maximum Gasteiger partial charge on any atom is 0.227 e. The van der Waals surface area contributed by atoms with Gasteiger partial charge in [-0.05, 0) is 64.4 Å². The van der Waals surface area contributed by atoms with E-state index < -0.39 is 0 Å². The summed E-state index contributed by atoms with van der Waals surface area (Å²) >= 11 is 0. The highest BCUT2D eigenvalue weighted by Gasteiger charge is 2.38. The van der Waals surface area contributed by atoms with Crippen LogP contribution in [-0.2, 0) is 0 Å². The van der Waals surface area contributed by atoms with Gasteiger partial charge in [-0.3, -0.25) is 0 Å². The van der Waals surface area contributed by atoms with Crippen molar-refractivity contribution in [3.8, 4) is 0 Å². The van der Waals surface area contributed by atoms with Gasteiger partial charge in [0.1, 0.15) is 6.17 Å². The van der Waals surface area contributed by atoms with E-state index in [0.717, 1.165) is 39.2 Å². The minimum Gasteiger partial charge on any atom is -0.435 e. The van der Waals surface area contributed by atoms with Gasteiger partial charge in [0.25, 0.3) is 0 Å². The van der Waals surface area contributed by atoms with Crippen molar-refractivity contribution >= 4 is 39.3 Å². The lowest BCUT2D eigenvalue weighted by Crippen LogP contribution is -2.42. The largest absolute Gasteiger partial charge is 0.435 e. The predicted octanol–water partition coefficient (Wildman–Crippen LogP) is 5.71. The van der Waals surface area contributed by atoms with Crippen molar-refractivity contribution in [3.63, 3.8) is 0 Å². The molecule has 0 bridgehead atoms. The molecule has 0 N–H and O–H groups in total. The quantitative estimate of drug-likeness (QED) is 0.451. The van der Waals surface area contributed by atoms with Crippen molar-refractivity contribution in [2.45, 2.75) is 46.8 Å². The van der Waals surface area contributed by atoms with E-state index in [4.69, 9.17) is 9.40 Å². The molecular formula is C23H24N4O. The molecule has 1 aliphatic heterocycles. The Morgan fingerprint density at radius 3 is 2.61 bits per heavy atom. The van der Waals surface area contributed by atoms with Crippen LogP contribution in [0.1, 0.15) is 32.0 Å². The van der Waals surface area contributed by atoms with Crippen LogP contribution in [0.5, 0.6) is 0 Å². The number of benzene rings is 1. The van der Waals surface area contributed by atoms with Gasteiger partial charge < -0.3 is 14.2 Å². The van der Waals surface area contributed by atoms with E-state index in [1.54, 1.807) is 0 Å². The summed E-state index contributed by atoms with van der Waals surface area (Å²) in [5.74, 6) is 1.02. The Morgan fingerprint density at radius 1 is 1.04 bits per heavy atom. The summed E-state index contributed by atoms with van der Waals surface area (Å²) < 4.78 is 6.33. The number of anilines is 3. The molecule has 1 aliphatic rings. The van der Waals surface area contributed by atoms with E-state index in [2.05, 4.69) is 66.7 Å². The SMILES string of the molecule is Cc1ccc2c(n1)oc1c(N3c4cccnc4N(C(C)C)[C@@H]3C)c(C)ccc12. The highest BCUT2D eigenvalue weighted by molar-refractivity contribution is 6.09. The van der Waals surface area contributed by atoms with Crippen LogP contribution >= 0.6 is 0 Å². The molecule has 0 saturated carbocycles. The summed E-state index contributed by atoms with van der Waals surface area (Å²) in [6, 6.07) is 12.9. The van der Waals surface area contributed by atoms with Crippen LogP contribution in [-0.4, -0.2) is 22.2 Å². The number of aromatic nitrogens is 2. The zero-order chi connectivity index (χ0) is 19.6. The second kappa shape index (κ2) is 5.96. The van der Waals surface area contributed by atoms with Crippen LogP contribution in [0.15, 0.2) is 47.0 Å². The zero-order valence-corrected chi connectivity index (χ0v) is 16.9. The Hall–Kier alpha value is -3.08. The first-order valence-electron chi connectivity index (χ1n) is 9.79. The van der Waals surface area contributed by atoms with Crippen molar-refractivity contribution in [2.24, 2.45) is 0 Å². The van der Waals surface area contributed by atoms with Gasteiger partial charge in [-0.25, -0.2) is 9.97 Å². The molecule has 0 saturated heterocycles. The summed E-state index contributed by atoms with van der Waals surface area (Å²) in [7, 11) is 0. The standard InChI is InChI=1S/C23H24N4O/c1-13(2)26-16(5)27(19-7-6-12-24-22(19)26)20-14(3)8-10-17-18-11-9-15(4)25-23(18)28-21(17)20/h6-13,16H,1-5H3/t16-/m0/s1. The first-order valence-corrected chi connectivity index (χ1v) is 9.79. The highest BCUT2D eigenvalue weighted by Crippen LogP contribution is 2.47. The van der Waals surface area contributed by atoms with E-state index in [1.165, 1.54) is 5.56 Å². The fourth-order valence-corrected chi connectivity index (χ4v) is 4.46. The van der Waals surface area contributed by atoms with Crippen LogP contribution in [0.3, 0.4) is 0 Å². The number of hydrogen-bond donors (Lipinski definition) is 0. The number of nitrogens with zero attached hydrogens (tertiary/aromatic N) is 4. The maximum atomic E-state index is 6.33. The van der Waals surface area contributed by atoms with Gasteiger partial charge in [0.05, 0.1) is 11.4 Å². The highest BCUT2D eigenvalue weighted by atomic mass is 16.3. The second-order valence-corrected chi connectivity index (χ2v) is 7.86. The average Bonchev–Trinajstić information content (AvgIpc) is 3.16. The minimum absolute atomic E-state index is 0.136. The number of aryl methyl sites for hydroxylation is 2. The molecule has 0 spiro atoms. The summed E-state index contributed by atoms with van der Waals surface area (Å²) in [6.07, 6.45) is 2.00. The summed E-state index contributed by atoms with van der Waals surface area (Å²) in [4.78, 5) is 14.0. The lowest BCUT2D eigenvalue weighted by molar-refractivity contribution is 0.597. The van der Waals surface area contributed by atoms with E-state index in [0.29, 0.717) is 11.8 Å². The normalized spacial score (nSPS) is 16.6. The second-order valence-electron chi connectivity index (χ2n) is 7.86. The number of hydrogen-bond acceptors (Lipinski definition) is 5. The molecule has 0 aliphatic carbocycles. The lowest BCUT2D eigenvalue weighted by atomic mass is 10.1. The summed E-state index contributed by atoms with van der Waals surface area (Å²) in [5, 5.41) is 2.16. The van der Waals surface area contributed by atoms with E-state index in [9.17, 15) is 0 Å². The van der Waals surface area contributed by atoms with Crippen LogP contribution in [0, 0.1) is 13.8 Å². The molecule has 0 fully saturated rings. The molecule has 4 aromatic rings. The van der Waals surface area contributed by atoms with Gasteiger partial charge >= 0.3 is 0 Å². The van der Waals surface area contributed by atoms with E-state index >= 15 is 0 Å². The van der Waals surface area contributed by atoms with Crippen molar-refractivity contribution in [1.82, 2.24) is 9.97 Å². The average molecular weight is 372 g/mol. The van der Waals surface area contributed by atoms with Gasteiger partial charge in [-0.2, -0.15) is 0 Å². The summed E-state index contributed by atoms with van der Waals surface area (Å²) in [6.45, 7) is 10.8. The Morgan fingerprint density at radius 2 is 1.82 bits per heavy atom. The number of furan rings is 1.